The molecule has 0 radical (unpaired) electrons. The fourth-order valence-corrected chi connectivity index (χ4v) is 3.83. The van der Waals surface area contributed by atoms with Crippen molar-refractivity contribution in [1.82, 2.24) is 4.90 Å². The maximum absolute atomic E-state index is 5.25. The molecule has 0 N–H and O–H groups in total. The molecular formula is C21H28N4O. The van der Waals surface area contributed by atoms with E-state index in [1.54, 1.807) is 7.11 Å². The zero-order chi connectivity index (χ0) is 17.9. The Bertz CT molecular complexity index is 708. The fraction of sp³-hybridized carbons (Fsp3) is 0.429. The first kappa shape index (κ1) is 17.0. The predicted octanol–water partition coefficient (Wildman–Crippen LogP) is 2.73. The van der Waals surface area contributed by atoms with Crippen LogP contribution in [0.25, 0.3) is 0 Å². The summed E-state index contributed by atoms with van der Waals surface area (Å²) in [5.41, 5.74) is 3.93. The number of likely N-dealkylation sites (N-methyl/N-ethyl adjacent to an activating group) is 1. The summed E-state index contributed by atoms with van der Waals surface area (Å²) in [6, 6.07) is 17.5. The third-order valence-corrected chi connectivity index (χ3v) is 5.46. The summed E-state index contributed by atoms with van der Waals surface area (Å²) in [4.78, 5) is 9.72. The molecule has 0 saturated carbocycles. The largest absolute Gasteiger partial charge is 0.497 e. The van der Waals surface area contributed by atoms with Crippen LogP contribution in [0.4, 0.5) is 17.1 Å². The summed E-state index contributed by atoms with van der Waals surface area (Å²) in [7, 11) is 3.89. The van der Waals surface area contributed by atoms with Gasteiger partial charge in [-0.25, -0.2) is 0 Å². The van der Waals surface area contributed by atoms with Crippen LogP contribution < -0.4 is 19.4 Å². The molecule has 2 saturated heterocycles. The molecule has 2 heterocycles. The van der Waals surface area contributed by atoms with Crippen LogP contribution in [0, 0.1) is 0 Å². The number of piperazine rings is 1. The second kappa shape index (κ2) is 7.46. The van der Waals surface area contributed by atoms with Crippen LogP contribution >= 0.6 is 0 Å². The molecule has 26 heavy (non-hydrogen) atoms. The second-order valence-corrected chi connectivity index (χ2v) is 7.17. The quantitative estimate of drug-likeness (QED) is 0.841. The lowest BCUT2D eigenvalue weighted by atomic mass is 10.2. The summed E-state index contributed by atoms with van der Waals surface area (Å²) in [5.74, 6) is 0.914. The zero-order valence-corrected chi connectivity index (χ0v) is 15.8. The summed E-state index contributed by atoms with van der Waals surface area (Å²) >= 11 is 0. The van der Waals surface area contributed by atoms with E-state index in [4.69, 9.17) is 4.74 Å². The summed E-state index contributed by atoms with van der Waals surface area (Å²) in [6.07, 6.45) is 0. The van der Waals surface area contributed by atoms with Gasteiger partial charge in [0.15, 0.2) is 0 Å². The van der Waals surface area contributed by atoms with Crippen LogP contribution in [0.1, 0.15) is 0 Å². The van der Waals surface area contributed by atoms with Crippen molar-refractivity contribution >= 4 is 17.1 Å². The molecule has 138 valence electrons. The molecule has 0 unspecified atom stereocenters. The molecule has 5 nitrogen and oxygen atoms in total. The fourth-order valence-electron chi connectivity index (χ4n) is 3.83. The summed E-state index contributed by atoms with van der Waals surface area (Å²) in [6.45, 7) is 7.50. The van der Waals surface area contributed by atoms with Gasteiger partial charge in [-0.3, -0.25) is 4.90 Å². The monoisotopic (exact) mass is 352 g/mol. The average molecular weight is 352 g/mol. The van der Waals surface area contributed by atoms with Gasteiger partial charge in [0, 0.05) is 56.3 Å². The van der Waals surface area contributed by atoms with Crippen molar-refractivity contribution in [2.24, 2.45) is 0 Å². The Kier molecular flexibility index (Phi) is 4.89. The standard InChI is InChI=1S/C21H28N4O/c1-22-11-12-25(17-22)20-5-3-18(4-6-20)23-13-15-24(16-14-23)19-7-9-21(26-2)10-8-19/h3-10H,11-17H2,1-2H3. The normalized spacial score (nSPS) is 18.5. The van der Waals surface area contributed by atoms with Gasteiger partial charge in [-0.15, -0.1) is 0 Å². The van der Waals surface area contributed by atoms with E-state index in [1.807, 2.05) is 12.1 Å². The molecule has 0 bridgehead atoms. The van der Waals surface area contributed by atoms with E-state index >= 15 is 0 Å². The van der Waals surface area contributed by atoms with Crippen molar-refractivity contribution in [3.05, 3.63) is 48.5 Å². The molecule has 0 aliphatic carbocycles. The minimum atomic E-state index is 0.914. The lowest BCUT2D eigenvalue weighted by Crippen LogP contribution is -2.46. The summed E-state index contributed by atoms with van der Waals surface area (Å²) in [5, 5.41) is 0. The molecule has 5 heteroatoms. The lowest BCUT2D eigenvalue weighted by Gasteiger charge is -2.37. The maximum atomic E-state index is 5.25. The number of anilines is 3. The number of hydrogen-bond donors (Lipinski definition) is 0. The first-order chi connectivity index (χ1) is 12.7. The zero-order valence-electron chi connectivity index (χ0n) is 15.8. The van der Waals surface area contributed by atoms with Gasteiger partial charge in [0.25, 0.3) is 0 Å². The van der Waals surface area contributed by atoms with E-state index in [0.717, 1.165) is 51.7 Å². The van der Waals surface area contributed by atoms with Crippen LogP contribution in [0.2, 0.25) is 0 Å². The highest BCUT2D eigenvalue weighted by Crippen LogP contribution is 2.25. The predicted molar refractivity (Wildman–Crippen MR) is 109 cm³/mol. The molecule has 0 aromatic heterocycles. The Morgan fingerprint density at radius 1 is 0.615 bits per heavy atom. The molecule has 0 amide bonds. The number of hydrogen-bond acceptors (Lipinski definition) is 5. The van der Waals surface area contributed by atoms with Gasteiger partial charge in [0.05, 0.1) is 13.8 Å². The average Bonchev–Trinajstić information content (AvgIpc) is 3.15. The van der Waals surface area contributed by atoms with Gasteiger partial charge >= 0.3 is 0 Å². The van der Waals surface area contributed by atoms with E-state index < -0.39 is 0 Å². The molecule has 0 spiro atoms. The maximum Gasteiger partial charge on any atom is 0.119 e. The molecule has 2 fully saturated rings. The van der Waals surface area contributed by atoms with Gasteiger partial charge in [0.1, 0.15) is 5.75 Å². The van der Waals surface area contributed by atoms with E-state index in [-0.39, 0.29) is 0 Å². The van der Waals surface area contributed by atoms with Crippen LogP contribution in [0.3, 0.4) is 0 Å². The third kappa shape index (κ3) is 3.58. The smallest absolute Gasteiger partial charge is 0.119 e. The number of methoxy groups -OCH3 is 1. The first-order valence-corrected chi connectivity index (χ1v) is 9.40. The highest BCUT2D eigenvalue weighted by atomic mass is 16.5. The number of ether oxygens (including phenoxy) is 1. The van der Waals surface area contributed by atoms with Crippen LogP contribution in [-0.4, -0.2) is 65.0 Å². The number of nitrogens with zero attached hydrogens (tertiary/aromatic N) is 4. The van der Waals surface area contributed by atoms with Crippen molar-refractivity contribution in [1.29, 1.82) is 0 Å². The first-order valence-electron chi connectivity index (χ1n) is 9.40. The Hall–Kier alpha value is -2.40. The van der Waals surface area contributed by atoms with Crippen molar-refractivity contribution in [2.45, 2.75) is 0 Å². The summed E-state index contributed by atoms with van der Waals surface area (Å²) < 4.78 is 5.25. The van der Waals surface area contributed by atoms with Gasteiger partial charge in [0.2, 0.25) is 0 Å². The van der Waals surface area contributed by atoms with Crippen molar-refractivity contribution in [3.8, 4) is 5.75 Å². The molecule has 4 rings (SSSR count). The van der Waals surface area contributed by atoms with Gasteiger partial charge < -0.3 is 19.4 Å². The molecule has 2 aromatic rings. The molecule has 2 aromatic carbocycles. The van der Waals surface area contributed by atoms with Crippen molar-refractivity contribution < 1.29 is 4.74 Å². The Morgan fingerprint density at radius 2 is 1.04 bits per heavy atom. The Balaban J connectivity index is 1.35. The Labute approximate surface area is 156 Å². The third-order valence-electron chi connectivity index (χ3n) is 5.46. The number of benzene rings is 2. The minimum Gasteiger partial charge on any atom is -0.497 e. The van der Waals surface area contributed by atoms with Crippen molar-refractivity contribution in [3.63, 3.8) is 0 Å². The van der Waals surface area contributed by atoms with Gasteiger partial charge in [-0.2, -0.15) is 0 Å². The minimum absolute atomic E-state index is 0.914. The molecular weight excluding hydrogens is 324 g/mol. The van der Waals surface area contributed by atoms with E-state index in [1.165, 1.54) is 17.1 Å². The Morgan fingerprint density at radius 3 is 1.46 bits per heavy atom. The highest BCUT2D eigenvalue weighted by Gasteiger charge is 2.19. The van der Waals surface area contributed by atoms with Gasteiger partial charge in [-0.1, -0.05) is 0 Å². The van der Waals surface area contributed by atoms with E-state index in [2.05, 4.69) is 63.0 Å². The topological polar surface area (TPSA) is 22.2 Å². The second-order valence-electron chi connectivity index (χ2n) is 7.17. The van der Waals surface area contributed by atoms with Crippen LogP contribution in [0.15, 0.2) is 48.5 Å². The molecule has 0 atom stereocenters. The number of rotatable bonds is 4. The van der Waals surface area contributed by atoms with Crippen LogP contribution in [-0.2, 0) is 0 Å². The lowest BCUT2D eigenvalue weighted by molar-refractivity contribution is 0.415. The SMILES string of the molecule is COc1ccc(N2CCN(c3ccc(N4CCN(C)C4)cc3)CC2)cc1. The van der Waals surface area contributed by atoms with E-state index in [9.17, 15) is 0 Å². The molecule has 2 aliphatic rings. The van der Waals surface area contributed by atoms with Crippen LogP contribution in [0.5, 0.6) is 5.75 Å². The highest BCUT2D eigenvalue weighted by molar-refractivity contribution is 5.58. The van der Waals surface area contributed by atoms with Crippen molar-refractivity contribution in [2.75, 3.05) is 74.8 Å². The van der Waals surface area contributed by atoms with E-state index in [0.29, 0.717) is 0 Å². The van der Waals surface area contributed by atoms with Gasteiger partial charge in [-0.05, 0) is 55.6 Å². The molecule has 2 aliphatic heterocycles.